The average Bonchev–Trinajstić information content (AvgIpc) is 2.55. The molecule has 1 aromatic rings. The zero-order valence-electron chi connectivity index (χ0n) is 13.4. The van der Waals surface area contributed by atoms with Crippen molar-refractivity contribution in [2.24, 2.45) is 5.92 Å². The molecule has 0 aliphatic carbocycles. The number of hydrogen-bond donors (Lipinski definition) is 2. The second-order valence-corrected chi connectivity index (χ2v) is 7.99. The van der Waals surface area contributed by atoms with Gasteiger partial charge in [-0.1, -0.05) is 13.3 Å². The molecule has 0 bridgehead atoms. The lowest BCUT2D eigenvalue weighted by molar-refractivity contribution is -0.120. The molecule has 6 nitrogen and oxygen atoms in total. The highest BCUT2D eigenvalue weighted by Crippen LogP contribution is 2.22. The minimum absolute atomic E-state index is 0.133. The molecule has 128 valence electrons. The van der Waals surface area contributed by atoms with Gasteiger partial charge in [0.25, 0.3) is 0 Å². The SMILES string of the molecule is CCCCS(=O)(=O)N1CCC[C@@H](C(=O)Nc2ccc(O)cc2)C1. The summed E-state index contributed by atoms with van der Waals surface area (Å²) in [6.45, 7) is 2.70. The summed E-state index contributed by atoms with van der Waals surface area (Å²) in [5.41, 5.74) is 0.596. The zero-order valence-corrected chi connectivity index (χ0v) is 14.2. The largest absolute Gasteiger partial charge is 0.508 e. The van der Waals surface area contributed by atoms with Gasteiger partial charge in [-0.25, -0.2) is 12.7 Å². The molecule has 0 spiro atoms. The number of phenolic OH excluding ortho intramolecular Hbond substituents is 1. The van der Waals surface area contributed by atoms with Gasteiger partial charge >= 0.3 is 0 Å². The molecule has 2 N–H and O–H groups in total. The molecule has 1 aliphatic rings. The smallest absolute Gasteiger partial charge is 0.228 e. The van der Waals surface area contributed by atoms with E-state index >= 15 is 0 Å². The Morgan fingerprint density at radius 2 is 2.04 bits per heavy atom. The standard InChI is InChI=1S/C16H24N2O4S/c1-2-3-11-23(21,22)18-10-4-5-13(12-18)16(20)17-14-6-8-15(19)9-7-14/h6-9,13,19H,2-5,10-12H2,1H3,(H,17,20)/t13-/m1/s1. The van der Waals surface area contributed by atoms with E-state index in [1.165, 1.54) is 16.4 Å². The molecule has 1 atom stereocenters. The molecule has 1 heterocycles. The number of rotatable bonds is 6. The van der Waals surface area contributed by atoms with Crippen LogP contribution in [0.2, 0.25) is 0 Å². The number of sulfonamides is 1. The summed E-state index contributed by atoms with van der Waals surface area (Å²) in [5.74, 6) is -0.232. The van der Waals surface area contributed by atoms with Gasteiger partial charge in [0, 0.05) is 18.8 Å². The summed E-state index contributed by atoms with van der Waals surface area (Å²) in [7, 11) is -3.27. The lowest BCUT2D eigenvalue weighted by Gasteiger charge is -2.31. The molecule has 1 amide bonds. The maximum atomic E-state index is 12.3. The third-order valence-electron chi connectivity index (χ3n) is 4.04. The Kier molecular flexibility index (Phi) is 6.01. The van der Waals surface area contributed by atoms with Crippen LogP contribution in [0.3, 0.4) is 0 Å². The van der Waals surface area contributed by atoms with Crippen LogP contribution in [0.1, 0.15) is 32.6 Å². The van der Waals surface area contributed by atoms with Crippen LogP contribution >= 0.6 is 0 Å². The number of benzene rings is 1. The summed E-state index contributed by atoms with van der Waals surface area (Å²) in [6, 6.07) is 6.23. The Labute approximate surface area is 137 Å². The number of hydrogen-bond acceptors (Lipinski definition) is 4. The number of anilines is 1. The molecule has 2 rings (SSSR count). The number of carbonyl (C=O) groups excluding carboxylic acids is 1. The Hall–Kier alpha value is -1.60. The highest BCUT2D eigenvalue weighted by molar-refractivity contribution is 7.89. The van der Waals surface area contributed by atoms with Gasteiger partial charge in [0.1, 0.15) is 5.75 Å². The van der Waals surface area contributed by atoms with Gasteiger partial charge < -0.3 is 10.4 Å². The predicted molar refractivity (Wildman–Crippen MR) is 89.7 cm³/mol. The van der Waals surface area contributed by atoms with Crippen LogP contribution < -0.4 is 5.32 Å². The van der Waals surface area contributed by atoms with E-state index in [2.05, 4.69) is 5.32 Å². The van der Waals surface area contributed by atoms with Gasteiger partial charge in [-0.05, 0) is 43.5 Å². The third-order valence-corrected chi connectivity index (χ3v) is 5.96. The second kappa shape index (κ2) is 7.79. The summed E-state index contributed by atoms with van der Waals surface area (Å²) in [5, 5.41) is 12.0. The summed E-state index contributed by atoms with van der Waals surface area (Å²) < 4.78 is 26.0. The maximum Gasteiger partial charge on any atom is 0.228 e. The molecule has 23 heavy (non-hydrogen) atoms. The Balaban J connectivity index is 1.97. The van der Waals surface area contributed by atoms with Crippen LogP contribution in [0.25, 0.3) is 0 Å². The van der Waals surface area contributed by atoms with Gasteiger partial charge in [0.2, 0.25) is 15.9 Å². The monoisotopic (exact) mass is 340 g/mol. The van der Waals surface area contributed by atoms with E-state index in [0.717, 1.165) is 6.42 Å². The van der Waals surface area contributed by atoms with Crippen molar-refractivity contribution in [2.45, 2.75) is 32.6 Å². The second-order valence-electron chi connectivity index (χ2n) is 5.90. The summed E-state index contributed by atoms with van der Waals surface area (Å²) in [4.78, 5) is 12.3. The number of aromatic hydroxyl groups is 1. The van der Waals surface area contributed by atoms with E-state index in [4.69, 9.17) is 0 Å². The van der Waals surface area contributed by atoms with Gasteiger partial charge in [-0.15, -0.1) is 0 Å². The van der Waals surface area contributed by atoms with E-state index in [1.54, 1.807) is 12.1 Å². The molecule has 0 saturated carbocycles. The van der Waals surface area contributed by atoms with Crippen molar-refractivity contribution in [2.75, 3.05) is 24.2 Å². The van der Waals surface area contributed by atoms with Crippen LogP contribution in [-0.4, -0.2) is 42.6 Å². The number of phenols is 1. The quantitative estimate of drug-likeness (QED) is 0.777. The van der Waals surface area contributed by atoms with Crippen LogP contribution in [0, 0.1) is 5.92 Å². The molecule has 1 saturated heterocycles. The fraction of sp³-hybridized carbons (Fsp3) is 0.562. The van der Waals surface area contributed by atoms with Crippen LogP contribution in [-0.2, 0) is 14.8 Å². The first-order valence-electron chi connectivity index (χ1n) is 8.00. The highest BCUT2D eigenvalue weighted by Gasteiger charge is 2.31. The lowest BCUT2D eigenvalue weighted by atomic mass is 9.99. The first-order chi connectivity index (χ1) is 10.9. The lowest BCUT2D eigenvalue weighted by Crippen LogP contribution is -2.44. The Bertz CT molecular complexity index is 628. The van der Waals surface area contributed by atoms with Gasteiger partial charge in [0.05, 0.1) is 11.7 Å². The first-order valence-corrected chi connectivity index (χ1v) is 9.61. The summed E-state index contributed by atoms with van der Waals surface area (Å²) in [6.07, 6.45) is 2.85. The molecule has 0 unspecified atom stereocenters. The Morgan fingerprint density at radius 1 is 1.35 bits per heavy atom. The zero-order chi connectivity index (χ0) is 16.9. The fourth-order valence-electron chi connectivity index (χ4n) is 2.65. The minimum Gasteiger partial charge on any atom is -0.508 e. The van der Waals surface area contributed by atoms with E-state index in [-0.39, 0.29) is 29.9 Å². The molecule has 1 aliphatic heterocycles. The maximum absolute atomic E-state index is 12.3. The molecule has 1 aromatic carbocycles. The molecule has 0 aromatic heterocycles. The van der Waals surface area contributed by atoms with Crippen molar-refractivity contribution in [3.63, 3.8) is 0 Å². The number of unbranched alkanes of at least 4 members (excludes halogenated alkanes) is 1. The summed E-state index contributed by atoms with van der Waals surface area (Å²) >= 11 is 0. The normalized spacial score (nSPS) is 19.4. The van der Waals surface area contributed by atoms with Gasteiger partial charge in [0.15, 0.2) is 0 Å². The minimum atomic E-state index is -3.27. The number of nitrogens with zero attached hydrogens (tertiary/aromatic N) is 1. The van der Waals surface area contributed by atoms with Gasteiger partial charge in [-0.2, -0.15) is 0 Å². The van der Waals surface area contributed by atoms with E-state index in [9.17, 15) is 18.3 Å². The fourth-order valence-corrected chi connectivity index (χ4v) is 4.38. The van der Waals surface area contributed by atoms with Crippen LogP contribution in [0.15, 0.2) is 24.3 Å². The number of piperidine rings is 1. The topological polar surface area (TPSA) is 86.7 Å². The van der Waals surface area contributed by atoms with Crippen LogP contribution in [0.5, 0.6) is 5.75 Å². The van der Waals surface area contributed by atoms with E-state index in [0.29, 0.717) is 31.5 Å². The van der Waals surface area contributed by atoms with Crippen molar-refractivity contribution in [1.82, 2.24) is 4.31 Å². The Morgan fingerprint density at radius 3 is 2.70 bits per heavy atom. The van der Waals surface area contributed by atoms with E-state index in [1.807, 2.05) is 6.92 Å². The highest BCUT2D eigenvalue weighted by atomic mass is 32.2. The molecule has 0 radical (unpaired) electrons. The molecular weight excluding hydrogens is 316 g/mol. The van der Waals surface area contributed by atoms with Crippen molar-refractivity contribution < 1.29 is 18.3 Å². The van der Waals surface area contributed by atoms with Crippen LogP contribution in [0.4, 0.5) is 5.69 Å². The first kappa shape index (κ1) is 17.7. The third kappa shape index (κ3) is 4.94. The number of carbonyl (C=O) groups is 1. The molecule has 1 fully saturated rings. The number of nitrogens with one attached hydrogen (secondary N) is 1. The predicted octanol–water partition coefficient (Wildman–Crippen LogP) is 2.17. The van der Waals surface area contributed by atoms with Crippen molar-refractivity contribution in [3.8, 4) is 5.75 Å². The van der Waals surface area contributed by atoms with Crippen molar-refractivity contribution in [1.29, 1.82) is 0 Å². The molecule has 7 heteroatoms. The van der Waals surface area contributed by atoms with Crippen molar-refractivity contribution >= 4 is 21.6 Å². The van der Waals surface area contributed by atoms with Gasteiger partial charge in [-0.3, -0.25) is 4.79 Å². The molecular formula is C16H24N2O4S. The van der Waals surface area contributed by atoms with E-state index < -0.39 is 10.0 Å². The number of amides is 1. The van der Waals surface area contributed by atoms with Crippen molar-refractivity contribution in [3.05, 3.63) is 24.3 Å². The average molecular weight is 340 g/mol.